The molecule has 32 heavy (non-hydrogen) atoms. The number of ether oxygens (including phenoxy) is 1. The Bertz CT molecular complexity index is 991. The molecular formula is C29H37O2P. The van der Waals surface area contributed by atoms with Gasteiger partial charge in [-0.05, 0) is 64.1 Å². The van der Waals surface area contributed by atoms with Gasteiger partial charge in [-0.15, -0.1) is 0 Å². The average molecular weight is 449 g/mol. The summed E-state index contributed by atoms with van der Waals surface area (Å²) >= 11 is 0. The molecule has 0 saturated heterocycles. The molecule has 2 nitrogen and oxygen atoms in total. The molecule has 0 heterocycles. The van der Waals surface area contributed by atoms with E-state index in [1.807, 2.05) is 6.92 Å². The number of rotatable bonds is 6. The van der Waals surface area contributed by atoms with E-state index in [1.165, 1.54) is 38.4 Å². The van der Waals surface area contributed by atoms with Crippen LogP contribution in [0, 0.1) is 33.1 Å². The van der Waals surface area contributed by atoms with Crippen LogP contribution in [0.5, 0.6) is 0 Å². The predicted octanol–water partition coefficient (Wildman–Crippen LogP) is 6.59. The second-order valence-electron chi connectivity index (χ2n) is 10.2. The number of esters is 1. The fourth-order valence-corrected chi connectivity index (χ4v) is 6.91. The third-order valence-electron chi connectivity index (χ3n) is 6.03. The Hall–Kier alpha value is -2.18. The number of hydrogen-bond donors (Lipinski definition) is 0. The first-order valence-electron chi connectivity index (χ1n) is 11.5. The van der Waals surface area contributed by atoms with Crippen molar-refractivity contribution in [3.05, 3.63) is 81.4 Å². The van der Waals surface area contributed by atoms with Gasteiger partial charge in [-0.25, -0.2) is 4.79 Å². The van der Waals surface area contributed by atoms with Crippen LogP contribution < -0.4 is 10.6 Å². The molecule has 3 rings (SSSR count). The van der Waals surface area contributed by atoms with Gasteiger partial charge in [0.1, 0.15) is 0 Å². The van der Waals surface area contributed by atoms with Crippen molar-refractivity contribution in [1.29, 1.82) is 0 Å². The van der Waals surface area contributed by atoms with E-state index in [-0.39, 0.29) is 11.4 Å². The highest BCUT2D eigenvalue weighted by Gasteiger charge is 2.27. The Kier molecular flexibility index (Phi) is 7.46. The minimum Gasteiger partial charge on any atom is -0.462 e. The van der Waals surface area contributed by atoms with Crippen LogP contribution in [0.3, 0.4) is 0 Å². The first-order chi connectivity index (χ1) is 14.9. The average Bonchev–Trinajstić information content (AvgIpc) is 3.05. The molecule has 0 atom stereocenters. The third-order valence-corrected chi connectivity index (χ3v) is 8.42. The molecule has 0 radical (unpaired) electrons. The molecule has 3 heteroatoms. The van der Waals surface area contributed by atoms with Crippen LogP contribution in [0.15, 0.2) is 59.2 Å². The molecule has 0 saturated carbocycles. The van der Waals surface area contributed by atoms with E-state index in [0.29, 0.717) is 13.0 Å². The van der Waals surface area contributed by atoms with Crippen LogP contribution >= 0.6 is 7.92 Å². The van der Waals surface area contributed by atoms with Gasteiger partial charge < -0.3 is 4.74 Å². The summed E-state index contributed by atoms with van der Waals surface area (Å²) in [6.07, 6.45) is 3.70. The second-order valence-corrected chi connectivity index (χ2v) is 12.6. The highest BCUT2D eigenvalue weighted by Crippen LogP contribution is 2.38. The number of carbonyl (C=O) groups excluding carboxylic acids is 1. The quantitative estimate of drug-likeness (QED) is 0.368. The lowest BCUT2D eigenvalue weighted by molar-refractivity contribution is -0.138. The molecule has 0 N–H and O–H groups in total. The van der Waals surface area contributed by atoms with Gasteiger partial charge in [0.25, 0.3) is 0 Å². The molecule has 0 unspecified atom stereocenters. The number of allylic oxidation sites excluding steroid dienone is 3. The van der Waals surface area contributed by atoms with Crippen LogP contribution in [-0.4, -0.2) is 18.7 Å². The van der Waals surface area contributed by atoms with Crippen molar-refractivity contribution in [3.8, 4) is 0 Å². The van der Waals surface area contributed by atoms with E-state index < -0.39 is 7.92 Å². The molecule has 0 spiro atoms. The predicted molar refractivity (Wildman–Crippen MR) is 139 cm³/mol. The molecule has 170 valence electrons. The molecular weight excluding hydrogens is 411 g/mol. The number of carbonyl (C=O) groups is 1. The Balaban J connectivity index is 1.77. The van der Waals surface area contributed by atoms with Crippen molar-refractivity contribution in [2.24, 2.45) is 5.41 Å². The second kappa shape index (κ2) is 9.75. The summed E-state index contributed by atoms with van der Waals surface area (Å²) in [5.41, 5.74) is 8.35. The Morgan fingerprint density at radius 1 is 0.844 bits per heavy atom. The van der Waals surface area contributed by atoms with Crippen LogP contribution in [0.25, 0.3) is 0 Å². The van der Waals surface area contributed by atoms with Crippen molar-refractivity contribution in [2.45, 2.75) is 61.8 Å². The largest absolute Gasteiger partial charge is 0.462 e. The van der Waals surface area contributed by atoms with E-state index in [4.69, 9.17) is 4.74 Å². The maximum Gasteiger partial charge on any atom is 0.334 e. The third kappa shape index (κ3) is 5.99. The topological polar surface area (TPSA) is 26.3 Å². The first kappa shape index (κ1) is 24.5. The van der Waals surface area contributed by atoms with E-state index in [1.54, 1.807) is 0 Å². The number of benzene rings is 2. The van der Waals surface area contributed by atoms with Gasteiger partial charge in [-0.1, -0.05) is 91.1 Å². The zero-order valence-corrected chi connectivity index (χ0v) is 21.8. The monoisotopic (exact) mass is 448 g/mol. The van der Waals surface area contributed by atoms with Gasteiger partial charge in [0.05, 0.1) is 6.61 Å². The van der Waals surface area contributed by atoms with Crippen LogP contribution in [0.2, 0.25) is 0 Å². The summed E-state index contributed by atoms with van der Waals surface area (Å²) in [5, 5.41) is 2.71. The minimum atomic E-state index is -0.603. The molecule has 0 bridgehead atoms. The van der Waals surface area contributed by atoms with Gasteiger partial charge in [0.15, 0.2) is 0 Å². The minimum absolute atomic E-state index is 0.0731. The number of hydrogen-bond acceptors (Lipinski definition) is 2. The van der Waals surface area contributed by atoms with Crippen molar-refractivity contribution < 1.29 is 9.53 Å². The van der Waals surface area contributed by atoms with Crippen LogP contribution in [-0.2, 0) is 9.53 Å². The molecule has 0 aromatic heterocycles. The lowest BCUT2D eigenvalue weighted by Crippen LogP contribution is -2.20. The maximum absolute atomic E-state index is 12.9. The van der Waals surface area contributed by atoms with E-state index in [9.17, 15) is 4.79 Å². The zero-order chi connectivity index (χ0) is 23.6. The summed E-state index contributed by atoms with van der Waals surface area (Å²) in [6.45, 7) is 17.7. The fourth-order valence-electron chi connectivity index (χ4n) is 4.38. The lowest BCUT2D eigenvalue weighted by atomic mass is 9.85. The summed E-state index contributed by atoms with van der Waals surface area (Å²) in [4.78, 5) is 12.9. The summed E-state index contributed by atoms with van der Waals surface area (Å²) in [5.74, 6) is -0.159. The Morgan fingerprint density at radius 3 is 1.72 bits per heavy atom. The SMILES string of the molecule is CC1=C(C(=O)OCCP(c2cc(C)cc(C)c2)c2cc(C)cc(C)c2)CC(C(C)(C)C)=C1. The van der Waals surface area contributed by atoms with Crippen molar-refractivity contribution in [1.82, 2.24) is 0 Å². The van der Waals surface area contributed by atoms with Crippen molar-refractivity contribution >= 4 is 24.5 Å². The summed E-state index contributed by atoms with van der Waals surface area (Å²) < 4.78 is 5.84. The van der Waals surface area contributed by atoms with E-state index >= 15 is 0 Å². The van der Waals surface area contributed by atoms with Gasteiger partial charge >= 0.3 is 5.97 Å². The zero-order valence-electron chi connectivity index (χ0n) is 20.9. The van der Waals surface area contributed by atoms with E-state index in [0.717, 1.165) is 17.3 Å². The van der Waals surface area contributed by atoms with E-state index in [2.05, 4.69) is 90.9 Å². The molecule has 2 aromatic carbocycles. The highest BCUT2D eigenvalue weighted by atomic mass is 31.1. The summed E-state index contributed by atoms with van der Waals surface area (Å²) in [6, 6.07) is 13.6. The Labute approximate surface area is 195 Å². The first-order valence-corrected chi connectivity index (χ1v) is 13.0. The molecule has 0 amide bonds. The Morgan fingerprint density at radius 2 is 1.31 bits per heavy atom. The van der Waals surface area contributed by atoms with Gasteiger partial charge in [0.2, 0.25) is 0 Å². The number of aryl methyl sites for hydroxylation is 4. The van der Waals surface area contributed by atoms with Gasteiger partial charge in [-0.2, -0.15) is 0 Å². The summed E-state index contributed by atoms with van der Waals surface area (Å²) in [7, 11) is -0.603. The van der Waals surface area contributed by atoms with Crippen molar-refractivity contribution in [2.75, 3.05) is 12.8 Å². The molecule has 0 aliphatic heterocycles. The maximum atomic E-state index is 12.9. The van der Waals surface area contributed by atoms with Crippen LogP contribution in [0.1, 0.15) is 56.4 Å². The van der Waals surface area contributed by atoms with Gasteiger partial charge in [-0.3, -0.25) is 0 Å². The molecule has 1 aliphatic rings. The molecule has 1 aliphatic carbocycles. The van der Waals surface area contributed by atoms with Crippen LogP contribution in [0.4, 0.5) is 0 Å². The standard InChI is InChI=1S/C29H37O2P/c1-19-11-20(2)14-25(13-19)32(26-15-21(3)12-22(4)16-26)10-9-31-28(30)27-18-24(17-23(27)5)29(6,7)8/h11-17H,9-10,18H2,1-8H3. The van der Waals surface area contributed by atoms with Crippen molar-refractivity contribution in [3.63, 3.8) is 0 Å². The fraction of sp³-hybridized carbons (Fsp3) is 0.414. The normalized spacial score (nSPS) is 14.2. The van der Waals surface area contributed by atoms with Gasteiger partial charge in [0, 0.05) is 18.2 Å². The highest BCUT2D eigenvalue weighted by molar-refractivity contribution is 7.73. The molecule has 2 aromatic rings. The molecule has 0 fully saturated rings. The smallest absolute Gasteiger partial charge is 0.334 e. The lowest BCUT2D eigenvalue weighted by Gasteiger charge is -2.22.